The molecule has 0 unspecified atom stereocenters. The molecule has 3 heteroatoms. The van der Waals surface area contributed by atoms with Crippen molar-refractivity contribution in [3.63, 3.8) is 0 Å². The maximum Gasteiger partial charge on any atom is 0.161 e. The lowest BCUT2D eigenvalue weighted by Crippen LogP contribution is -1.92. The summed E-state index contributed by atoms with van der Waals surface area (Å²) in [7, 11) is 3.23. The maximum absolute atomic E-state index is 5.20. The third kappa shape index (κ3) is 2.10. The van der Waals surface area contributed by atoms with Gasteiger partial charge in [0.25, 0.3) is 0 Å². The summed E-state index contributed by atoms with van der Waals surface area (Å²) in [5.74, 6) is 1.43. The molecule has 0 heterocycles. The third-order valence-corrected chi connectivity index (χ3v) is 2.59. The van der Waals surface area contributed by atoms with Gasteiger partial charge >= 0.3 is 0 Å². The first-order valence-electron chi connectivity index (χ1n) is 4.17. The molecule has 14 heavy (non-hydrogen) atoms. The highest BCUT2D eigenvalue weighted by atomic mass is 79.9. The van der Waals surface area contributed by atoms with Gasteiger partial charge in [0.15, 0.2) is 11.5 Å². The Bertz CT molecular complexity index is 359. The standard InChI is InChI=1S/C11H13BrO2/c1-7(2)8-5-10(13-3)11(14-4)6-9(8)12/h5-6H,1H2,2-4H3. The average molecular weight is 257 g/mol. The monoisotopic (exact) mass is 256 g/mol. The van der Waals surface area contributed by atoms with Gasteiger partial charge in [-0.3, -0.25) is 0 Å². The SMILES string of the molecule is C=C(C)c1cc(OC)c(OC)cc1Br. The molecule has 0 aromatic heterocycles. The smallest absolute Gasteiger partial charge is 0.161 e. The van der Waals surface area contributed by atoms with Crippen LogP contribution in [0.5, 0.6) is 11.5 Å². The zero-order chi connectivity index (χ0) is 10.7. The van der Waals surface area contributed by atoms with Crippen LogP contribution in [-0.4, -0.2) is 14.2 Å². The fourth-order valence-corrected chi connectivity index (χ4v) is 1.84. The van der Waals surface area contributed by atoms with Crippen LogP contribution in [0.1, 0.15) is 12.5 Å². The summed E-state index contributed by atoms with van der Waals surface area (Å²) >= 11 is 3.46. The fourth-order valence-electron chi connectivity index (χ4n) is 1.18. The van der Waals surface area contributed by atoms with E-state index in [1.54, 1.807) is 14.2 Å². The second-order valence-corrected chi connectivity index (χ2v) is 3.82. The summed E-state index contributed by atoms with van der Waals surface area (Å²) in [4.78, 5) is 0. The fraction of sp³-hybridized carbons (Fsp3) is 0.273. The number of halogens is 1. The highest BCUT2D eigenvalue weighted by molar-refractivity contribution is 9.10. The van der Waals surface area contributed by atoms with Crippen molar-refractivity contribution in [2.75, 3.05) is 14.2 Å². The van der Waals surface area contributed by atoms with Gasteiger partial charge in [-0.1, -0.05) is 22.5 Å². The van der Waals surface area contributed by atoms with Crippen molar-refractivity contribution in [2.24, 2.45) is 0 Å². The Labute approximate surface area is 92.7 Å². The second-order valence-electron chi connectivity index (χ2n) is 2.97. The van der Waals surface area contributed by atoms with Gasteiger partial charge < -0.3 is 9.47 Å². The lowest BCUT2D eigenvalue weighted by molar-refractivity contribution is 0.354. The van der Waals surface area contributed by atoms with Crippen molar-refractivity contribution in [1.29, 1.82) is 0 Å². The summed E-state index contributed by atoms with van der Waals surface area (Å²) in [6, 6.07) is 3.79. The Morgan fingerprint density at radius 2 is 1.71 bits per heavy atom. The molecule has 0 saturated heterocycles. The highest BCUT2D eigenvalue weighted by Crippen LogP contribution is 2.35. The summed E-state index contributed by atoms with van der Waals surface area (Å²) in [5, 5.41) is 0. The van der Waals surface area contributed by atoms with Gasteiger partial charge in [0.1, 0.15) is 0 Å². The first kappa shape index (κ1) is 11.1. The highest BCUT2D eigenvalue weighted by Gasteiger charge is 2.09. The minimum absolute atomic E-state index is 0.712. The topological polar surface area (TPSA) is 18.5 Å². The van der Waals surface area contributed by atoms with E-state index in [0.717, 1.165) is 15.6 Å². The Morgan fingerprint density at radius 3 is 2.14 bits per heavy atom. The van der Waals surface area contributed by atoms with Gasteiger partial charge in [-0.2, -0.15) is 0 Å². The third-order valence-electron chi connectivity index (χ3n) is 1.93. The van der Waals surface area contributed by atoms with Gasteiger partial charge in [-0.05, 0) is 30.2 Å². The molecule has 0 N–H and O–H groups in total. The lowest BCUT2D eigenvalue weighted by Gasteiger charge is -2.11. The van der Waals surface area contributed by atoms with Crippen LogP contribution in [0.15, 0.2) is 23.2 Å². The number of benzene rings is 1. The van der Waals surface area contributed by atoms with E-state index in [-0.39, 0.29) is 0 Å². The largest absolute Gasteiger partial charge is 0.493 e. The molecule has 0 saturated carbocycles. The Kier molecular flexibility index (Phi) is 3.58. The van der Waals surface area contributed by atoms with Crippen molar-refractivity contribution in [3.8, 4) is 11.5 Å². The van der Waals surface area contributed by atoms with Crippen LogP contribution in [0, 0.1) is 0 Å². The van der Waals surface area contributed by atoms with E-state index in [1.165, 1.54) is 0 Å². The molecule has 0 aliphatic rings. The Balaban J connectivity index is 3.30. The zero-order valence-corrected chi connectivity index (χ0v) is 10.1. The Morgan fingerprint density at radius 1 is 1.21 bits per heavy atom. The van der Waals surface area contributed by atoms with Crippen LogP contribution in [0.25, 0.3) is 5.57 Å². The van der Waals surface area contributed by atoms with Crippen molar-refractivity contribution < 1.29 is 9.47 Å². The molecule has 0 aliphatic carbocycles. The van der Waals surface area contributed by atoms with E-state index < -0.39 is 0 Å². The molecule has 76 valence electrons. The van der Waals surface area contributed by atoms with Crippen LogP contribution in [0.2, 0.25) is 0 Å². The number of hydrogen-bond acceptors (Lipinski definition) is 2. The molecule has 2 nitrogen and oxygen atoms in total. The lowest BCUT2D eigenvalue weighted by atomic mass is 10.1. The Hall–Kier alpha value is -0.960. The van der Waals surface area contributed by atoms with Crippen LogP contribution in [-0.2, 0) is 0 Å². The molecule has 0 fully saturated rings. The van der Waals surface area contributed by atoms with Gasteiger partial charge in [0.05, 0.1) is 14.2 Å². The average Bonchev–Trinajstić information content (AvgIpc) is 2.16. The van der Waals surface area contributed by atoms with Crippen molar-refractivity contribution in [1.82, 2.24) is 0 Å². The molecule has 1 aromatic carbocycles. The van der Waals surface area contributed by atoms with Crippen LogP contribution in [0.4, 0.5) is 0 Å². The zero-order valence-electron chi connectivity index (χ0n) is 8.56. The molecule has 0 aliphatic heterocycles. The van der Waals surface area contributed by atoms with E-state index in [9.17, 15) is 0 Å². The van der Waals surface area contributed by atoms with Gasteiger partial charge in [-0.15, -0.1) is 0 Å². The summed E-state index contributed by atoms with van der Waals surface area (Å²) < 4.78 is 11.3. The van der Waals surface area contributed by atoms with Crippen LogP contribution >= 0.6 is 15.9 Å². The number of hydrogen-bond donors (Lipinski definition) is 0. The first-order chi connectivity index (χ1) is 6.60. The number of methoxy groups -OCH3 is 2. The maximum atomic E-state index is 5.20. The number of rotatable bonds is 3. The van der Waals surface area contributed by atoms with Gasteiger partial charge in [-0.25, -0.2) is 0 Å². The number of allylic oxidation sites excluding steroid dienone is 1. The van der Waals surface area contributed by atoms with E-state index in [4.69, 9.17) is 9.47 Å². The summed E-state index contributed by atoms with van der Waals surface area (Å²) in [6.45, 7) is 5.84. The van der Waals surface area contributed by atoms with Crippen molar-refractivity contribution in [2.45, 2.75) is 6.92 Å². The molecule has 0 amide bonds. The molecule has 1 rings (SSSR count). The molecular formula is C11H13BrO2. The van der Waals surface area contributed by atoms with E-state index in [1.807, 2.05) is 19.1 Å². The van der Waals surface area contributed by atoms with Crippen LogP contribution < -0.4 is 9.47 Å². The molecule has 0 radical (unpaired) electrons. The van der Waals surface area contributed by atoms with E-state index in [2.05, 4.69) is 22.5 Å². The molecular weight excluding hydrogens is 244 g/mol. The van der Waals surface area contributed by atoms with Gasteiger partial charge in [0.2, 0.25) is 0 Å². The van der Waals surface area contributed by atoms with Crippen molar-refractivity contribution in [3.05, 3.63) is 28.7 Å². The molecule has 0 atom stereocenters. The summed E-state index contributed by atoms with van der Waals surface area (Å²) in [6.07, 6.45) is 0. The minimum Gasteiger partial charge on any atom is -0.493 e. The summed E-state index contributed by atoms with van der Waals surface area (Å²) in [5.41, 5.74) is 2.01. The van der Waals surface area contributed by atoms with E-state index >= 15 is 0 Å². The minimum atomic E-state index is 0.712. The molecule has 0 bridgehead atoms. The molecule has 0 spiro atoms. The predicted octanol–water partition coefficient (Wildman–Crippen LogP) is 3.50. The second kappa shape index (κ2) is 4.51. The van der Waals surface area contributed by atoms with E-state index in [0.29, 0.717) is 11.5 Å². The normalized spacial score (nSPS) is 9.71. The van der Waals surface area contributed by atoms with Crippen LogP contribution in [0.3, 0.4) is 0 Å². The van der Waals surface area contributed by atoms with Crippen molar-refractivity contribution >= 4 is 21.5 Å². The predicted molar refractivity (Wildman–Crippen MR) is 62.0 cm³/mol. The first-order valence-corrected chi connectivity index (χ1v) is 4.96. The van der Waals surface area contributed by atoms with Gasteiger partial charge in [0, 0.05) is 4.47 Å². The quantitative estimate of drug-likeness (QED) is 0.825. The molecule has 1 aromatic rings. The number of ether oxygens (including phenoxy) is 2.